The molecule has 1 heterocycles. The molecular formula is C12H21NO2. The van der Waals surface area contributed by atoms with Gasteiger partial charge in [-0.2, -0.15) is 0 Å². The van der Waals surface area contributed by atoms with Gasteiger partial charge in [0.05, 0.1) is 5.92 Å². The second-order valence-electron chi connectivity index (χ2n) is 5.74. The Morgan fingerprint density at radius 1 is 1.33 bits per heavy atom. The summed E-state index contributed by atoms with van der Waals surface area (Å²) in [5, 5.41) is 8.85. The Morgan fingerprint density at radius 3 is 2.53 bits per heavy atom. The number of carboxylic acids is 1. The zero-order chi connectivity index (χ0) is 11.1. The number of hydrogen-bond donors (Lipinski definition) is 1. The van der Waals surface area contributed by atoms with Gasteiger partial charge in [0.1, 0.15) is 0 Å². The minimum Gasteiger partial charge on any atom is -0.481 e. The highest BCUT2D eigenvalue weighted by Gasteiger charge is 2.43. The van der Waals surface area contributed by atoms with Gasteiger partial charge < -0.3 is 5.11 Å². The van der Waals surface area contributed by atoms with Crippen molar-refractivity contribution < 1.29 is 9.90 Å². The summed E-state index contributed by atoms with van der Waals surface area (Å²) in [6.07, 6.45) is 5.17. The average Bonchev–Trinajstić information content (AvgIpc) is 2.04. The van der Waals surface area contributed by atoms with Gasteiger partial charge >= 0.3 is 5.97 Å². The molecule has 1 saturated heterocycles. The maximum atomic E-state index is 10.7. The van der Waals surface area contributed by atoms with Gasteiger partial charge in [-0.25, -0.2) is 0 Å². The summed E-state index contributed by atoms with van der Waals surface area (Å²) in [6.45, 7) is 6.18. The highest BCUT2D eigenvalue weighted by molar-refractivity contribution is 5.71. The molecule has 1 atom stereocenters. The summed E-state index contributed by atoms with van der Waals surface area (Å²) in [5.74, 6) is -0.734. The van der Waals surface area contributed by atoms with Gasteiger partial charge in [-0.05, 0) is 18.3 Å². The number of likely N-dealkylation sites (tertiary alicyclic amines) is 1. The summed E-state index contributed by atoms with van der Waals surface area (Å²) in [6, 6.07) is 0.613. The molecule has 0 radical (unpaired) electrons. The van der Waals surface area contributed by atoms with Crippen LogP contribution in [0.15, 0.2) is 0 Å². The predicted molar refractivity (Wildman–Crippen MR) is 58.7 cm³/mol. The SMILES string of the molecule is CC1(C)CCCCC1N1CC(C(=O)O)C1. The lowest BCUT2D eigenvalue weighted by Gasteiger charge is -2.51. The number of aliphatic carboxylic acids is 1. The van der Waals surface area contributed by atoms with E-state index in [1.54, 1.807) is 0 Å². The zero-order valence-electron chi connectivity index (χ0n) is 9.70. The standard InChI is InChI=1S/C12H21NO2/c1-12(2)6-4-3-5-10(12)13-7-9(8-13)11(14)15/h9-10H,3-8H2,1-2H3,(H,14,15). The van der Waals surface area contributed by atoms with Crippen molar-refractivity contribution in [3.63, 3.8) is 0 Å². The number of carboxylic acid groups (broad SMARTS) is 1. The highest BCUT2D eigenvalue weighted by Crippen LogP contribution is 2.40. The molecule has 0 aromatic heterocycles. The van der Waals surface area contributed by atoms with Crippen molar-refractivity contribution in [1.29, 1.82) is 0 Å². The molecular weight excluding hydrogens is 190 g/mol. The third-order valence-corrected chi connectivity index (χ3v) is 4.15. The molecule has 1 N–H and O–H groups in total. The molecule has 2 aliphatic rings. The minimum absolute atomic E-state index is 0.109. The Labute approximate surface area is 91.5 Å². The fourth-order valence-corrected chi connectivity index (χ4v) is 3.08. The molecule has 1 aliphatic carbocycles. The summed E-state index contributed by atoms with van der Waals surface area (Å²) < 4.78 is 0. The minimum atomic E-state index is -0.625. The van der Waals surface area contributed by atoms with Gasteiger partial charge in [0.25, 0.3) is 0 Å². The van der Waals surface area contributed by atoms with Gasteiger partial charge in [0.2, 0.25) is 0 Å². The van der Waals surface area contributed by atoms with E-state index in [0.717, 1.165) is 13.1 Å². The predicted octanol–water partition coefficient (Wildman–Crippen LogP) is 1.97. The topological polar surface area (TPSA) is 40.5 Å². The Bertz CT molecular complexity index is 256. The van der Waals surface area contributed by atoms with E-state index in [-0.39, 0.29) is 5.92 Å². The first kappa shape index (κ1) is 10.9. The summed E-state index contributed by atoms with van der Waals surface area (Å²) >= 11 is 0. The van der Waals surface area contributed by atoms with Crippen molar-refractivity contribution in [2.75, 3.05) is 13.1 Å². The van der Waals surface area contributed by atoms with E-state index < -0.39 is 5.97 Å². The second-order valence-corrected chi connectivity index (χ2v) is 5.74. The Balaban J connectivity index is 1.92. The van der Waals surface area contributed by atoms with Crippen LogP contribution in [0.5, 0.6) is 0 Å². The highest BCUT2D eigenvalue weighted by atomic mass is 16.4. The van der Waals surface area contributed by atoms with Crippen molar-refractivity contribution in [1.82, 2.24) is 4.90 Å². The molecule has 1 unspecified atom stereocenters. The Kier molecular flexibility index (Phi) is 2.75. The Morgan fingerprint density at radius 2 is 2.00 bits per heavy atom. The smallest absolute Gasteiger partial charge is 0.309 e. The molecule has 15 heavy (non-hydrogen) atoms. The van der Waals surface area contributed by atoms with E-state index in [1.807, 2.05) is 0 Å². The fraction of sp³-hybridized carbons (Fsp3) is 0.917. The maximum Gasteiger partial charge on any atom is 0.309 e. The van der Waals surface area contributed by atoms with Crippen LogP contribution in [0.2, 0.25) is 0 Å². The van der Waals surface area contributed by atoms with E-state index in [1.165, 1.54) is 25.7 Å². The van der Waals surface area contributed by atoms with Crippen LogP contribution in [0.4, 0.5) is 0 Å². The second kappa shape index (κ2) is 3.78. The lowest BCUT2D eigenvalue weighted by Crippen LogP contribution is -2.59. The first-order valence-electron chi connectivity index (χ1n) is 5.97. The quantitative estimate of drug-likeness (QED) is 0.759. The van der Waals surface area contributed by atoms with E-state index in [2.05, 4.69) is 18.7 Å². The molecule has 0 aromatic rings. The van der Waals surface area contributed by atoms with Crippen molar-refractivity contribution >= 4 is 5.97 Å². The first-order chi connectivity index (χ1) is 7.00. The summed E-state index contributed by atoms with van der Waals surface area (Å²) in [5.41, 5.74) is 0.377. The van der Waals surface area contributed by atoms with Crippen molar-refractivity contribution in [2.45, 2.75) is 45.6 Å². The number of carbonyl (C=O) groups is 1. The Hall–Kier alpha value is -0.570. The summed E-state index contributed by atoms with van der Waals surface area (Å²) in [7, 11) is 0. The molecule has 1 aliphatic heterocycles. The average molecular weight is 211 g/mol. The number of rotatable bonds is 2. The molecule has 0 aromatic carbocycles. The van der Waals surface area contributed by atoms with Crippen LogP contribution in [-0.2, 0) is 4.79 Å². The molecule has 86 valence electrons. The van der Waals surface area contributed by atoms with Crippen molar-refractivity contribution in [3.05, 3.63) is 0 Å². The van der Waals surface area contributed by atoms with Gasteiger partial charge in [0.15, 0.2) is 0 Å². The molecule has 1 saturated carbocycles. The summed E-state index contributed by atoms with van der Waals surface area (Å²) in [4.78, 5) is 13.1. The number of hydrogen-bond acceptors (Lipinski definition) is 2. The third kappa shape index (κ3) is 2.03. The molecule has 0 spiro atoms. The van der Waals surface area contributed by atoms with Crippen LogP contribution in [0.25, 0.3) is 0 Å². The van der Waals surface area contributed by atoms with Crippen LogP contribution >= 0.6 is 0 Å². The van der Waals surface area contributed by atoms with Gasteiger partial charge in [0, 0.05) is 19.1 Å². The molecule has 2 rings (SSSR count). The third-order valence-electron chi connectivity index (χ3n) is 4.15. The lowest BCUT2D eigenvalue weighted by molar-refractivity contribution is -0.151. The van der Waals surface area contributed by atoms with Crippen LogP contribution < -0.4 is 0 Å². The van der Waals surface area contributed by atoms with Gasteiger partial charge in [-0.3, -0.25) is 9.69 Å². The van der Waals surface area contributed by atoms with Crippen molar-refractivity contribution in [2.24, 2.45) is 11.3 Å². The van der Waals surface area contributed by atoms with E-state index in [4.69, 9.17) is 5.11 Å². The fourth-order valence-electron chi connectivity index (χ4n) is 3.08. The van der Waals surface area contributed by atoms with Gasteiger partial charge in [-0.1, -0.05) is 26.7 Å². The largest absolute Gasteiger partial charge is 0.481 e. The monoisotopic (exact) mass is 211 g/mol. The zero-order valence-corrected chi connectivity index (χ0v) is 9.70. The lowest BCUT2D eigenvalue weighted by atomic mass is 9.71. The van der Waals surface area contributed by atoms with Crippen LogP contribution in [-0.4, -0.2) is 35.1 Å². The maximum absolute atomic E-state index is 10.7. The van der Waals surface area contributed by atoms with Crippen LogP contribution in [0.1, 0.15) is 39.5 Å². The number of nitrogens with zero attached hydrogens (tertiary/aromatic N) is 1. The molecule has 0 bridgehead atoms. The van der Waals surface area contributed by atoms with Gasteiger partial charge in [-0.15, -0.1) is 0 Å². The van der Waals surface area contributed by atoms with Crippen LogP contribution in [0.3, 0.4) is 0 Å². The normalized spacial score (nSPS) is 32.3. The van der Waals surface area contributed by atoms with Crippen molar-refractivity contribution in [3.8, 4) is 0 Å². The molecule has 0 amide bonds. The molecule has 2 fully saturated rings. The molecule has 3 heteroatoms. The van der Waals surface area contributed by atoms with E-state index in [0.29, 0.717) is 11.5 Å². The first-order valence-corrected chi connectivity index (χ1v) is 5.97. The molecule has 3 nitrogen and oxygen atoms in total. The van der Waals surface area contributed by atoms with E-state index in [9.17, 15) is 4.79 Å². The van der Waals surface area contributed by atoms with Crippen LogP contribution in [0, 0.1) is 11.3 Å². The van der Waals surface area contributed by atoms with E-state index >= 15 is 0 Å².